The number of carbonyl (C=O) groups is 1. The summed E-state index contributed by atoms with van der Waals surface area (Å²) in [5.74, 6) is 0.682. The minimum Gasteiger partial charge on any atom is -0.444 e. The van der Waals surface area contributed by atoms with Gasteiger partial charge in [0.2, 0.25) is 0 Å². The molecule has 0 saturated heterocycles. The van der Waals surface area contributed by atoms with Crippen LogP contribution in [0.5, 0.6) is 0 Å². The van der Waals surface area contributed by atoms with Gasteiger partial charge < -0.3 is 20.7 Å². The second-order valence-corrected chi connectivity index (χ2v) is 7.84. The highest BCUT2D eigenvalue weighted by molar-refractivity contribution is 6.30. The van der Waals surface area contributed by atoms with Crippen LogP contribution in [0.25, 0.3) is 5.69 Å². The molecule has 0 unspecified atom stereocenters. The molecule has 2 aromatic rings. The van der Waals surface area contributed by atoms with Crippen molar-refractivity contribution in [3.05, 3.63) is 47.2 Å². The van der Waals surface area contributed by atoms with E-state index in [9.17, 15) is 4.79 Å². The van der Waals surface area contributed by atoms with Crippen molar-refractivity contribution in [2.45, 2.75) is 39.3 Å². The van der Waals surface area contributed by atoms with Gasteiger partial charge in [-0.25, -0.2) is 9.48 Å². The predicted octanol–water partition coefficient (Wildman–Crippen LogP) is 3.11. The van der Waals surface area contributed by atoms with Crippen LogP contribution in [-0.4, -0.2) is 47.6 Å². The third kappa shape index (κ3) is 8.43. The van der Waals surface area contributed by atoms with Crippen molar-refractivity contribution in [3.63, 3.8) is 0 Å². The summed E-state index contributed by atoms with van der Waals surface area (Å²) in [5.41, 5.74) is 1.48. The molecule has 29 heavy (non-hydrogen) atoms. The second kappa shape index (κ2) is 10.7. The number of amides is 1. The summed E-state index contributed by atoms with van der Waals surface area (Å²) in [4.78, 5) is 15.8. The van der Waals surface area contributed by atoms with Gasteiger partial charge in [0.1, 0.15) is 5.60 Å². The Morgan fingerprint density at radius 2 is 1.86 bits per heavy atom. The predicted molar refractivity (Wildman–Crippen MR) is 116 cm³/mol. The van der Waals surface area contributed by atoms with E-state index >= 15 is 0 Å². The summed E-state index contributed by atoms with van der Waals surface area (Å²) >= 11 is 5.92. The summed E-state index contributed by atoms with van der Waals surface area (Å²) in [6, 6.07) is 7.50. The van der Waals surface area contributed by atoms with Crippen LogP contribution in [0.1, 0.15) is 32.8 Å². The van der Waals surface area contributed by atoms with Crippen LogP contribution in [0, 0.1) is 0 Å². The Balaban J connectivity index is 1.69. The minimum atomic E-state index is -0.490. The third-order valence-corrected chi connectivity index (χ3v) is 3.98. The van der Waals surface area contributed by atoms with Crippen LogP contribution in [-0.2, 0) is 11.3 Å². The molecule has 0 aliphatic carbocycles. The van der Waals surface area contributed by atoms with Gasteiger partial charge in [0, 0.05) is 43.5 Å². The van der Waals surface area contributed by atoms with E-state index < -0.39 is 11.7 Å². The fourth-order valence-corrected chi connectivity index (χ4v) is 2.52. The third-order valence-electron chi connectivity index (χ3n) is 3.73. The lowest BCUT2D eigenvalue weighted by molar-refractivity contribution is 0.0527. The maximum absolute atomic E-state index is 11.6. The van der Waals surface area contributed by atoms with E-state index in [0.29, 0.717) is 30.6 Å². The normalized spacial score (nSPS) is 11.8. The van der Waals surface area contributed by atoms with Crippen LogP contribution in [0.2, 0.25) is 5.02 Å². The zero-order valence-electron chi connectivity index (χ0n) is 17.3. The molecule has 0 fully saturated rings. The van der Waals surface area contributed by atoms with Crippen LogP contribution >= 0.6 is 11.6 Å². The molecule has 0 aliphatic heterocycles. The molecular formula is C20H29ClN6O2. The Morgan fingerprint density at radius 3 is 2.52 bits per heavy atom. The van der Waals surface area contributed by atoms with Crippen molar-refractivity contribution in [2.75, 3.05) is 20.1 Å². The first-order chi connectivity index (χ1) is 13.8. The zero-order valence-corrected chi connectivity index (χ0v) is 18.1. The number of ether oxygens (including phenoxy) is 1. The molecule has 0 saturated carbocycles. The van der Waals surface area contributed by atoms with E-state index in [0.717, 1.165) is 17.7 Å². The van der Waals surface area contributed by atoms with E-state index in [4.69, 9.17) is 16.3 Å². The van der Waals surface area contributed by atoms with Crippen LogP contribution in [0.15, 0.2) is 41.7 Å². The number of benzene rings is 1. The molecule has 0 bridgehead atoms. The number of hydrogen-bond acceptors (Lipinski definition) is 4. The molecule has 0 radical (unpaired) electrons. The van der Waals surface area contributed by atoms with Crippen LogP contribution < -0.4 is 16.0 Å². The molecule has 0 aliphatic rings. The van der Waals surface area contributed by atoms with Crippen LogP contribution in [0.3, 0.4) is 0 Å². The Hall–Kier alpha value is -2.74. The fraction of sp³-hybridized carbons (Fsp3) is 0.450. The quantitative estimate of drug-likeness (QED) is 0.363. The summed E-state index contributed by atoms with van der Waals surface area (Å²) in [7, 11) is 1.71. The number of aromatic nitrogens is 2. The van der Waals surface area contributed by atoms with E-state index in [1.54, 1.807) is 17.9 Å². The molecule has 9 heteroatoms. The summed E-state index contributed by atoms with van der Waals surface area (Å²) in [6.45, 7) is 7.28. The first-order valence-corrected chi connectivity index (χ1v) is 9.85. The van der Waals surface area contributed by atoms with E-state index in [1.807, 2.05) is 51.2 Å². The lowest BCUT2D eigenvalue weighted by Gasteiger charge is -2.19. The summed E-state index contributed by atoms with van der Waals surface area (Å²) in [6.07, 6.45) is 4.10. The molecule has 1 aromatic carbocycles. The van der Waals surface area contributed by atoms with Gasteiger partial charge in [-0.2, -0.15) is 5.10 Å². The number of rotatable bonds is 7. The molecule has 1 heterocycles. The van der Waals surface area contributed by atoms with E-state index in [1.165, 1.54) is 0 Å². The molecule has 1 amide bonds. The standard InChI is InChI=1S/C20H29ClN6O2/c1-20(2,3)29-19(28)24-11-5-10-23-18(22-4)25-12-15-13-26-27(14-15)17-8-6-16(21)7-9-17/h6-9,13-14H,5,10-12H2,1-4H3,(H,24,28)(H2,22,23,25). The van der Waals surface area contributed by atoms with Gasteiger partial charge >= 0.3 is 6.09 Å². The molecule has 8 nitrogen and oxygen atoms in total. The monoisotopic (exact) mass is 420 g/mol. The van der Waals surface area contributed by atoms with E-state index in [2.05, 4.69) is 26.0 Å². The van der Waals surface area contributed by atoms with Gasteiger partial charge in [-0.1, -0.05) is 11.6 Å². The van der Waals surface area contributed by atoms with Gasteiger partial charge in [0.15, 0.2) is 5.96 Å². The molecule has 0 spiro atoms. The topological polar surface area (TPSA) is 92.6 Å². The maximum Gasteiger partial charge on any atom is 0.407 e. The number of alkyl carbamates (subject to hydrolysis) is 1. The summed E-state index contributed by atoms with van der Waals surface area (Å²) < 4.78 is 6.99. The molecular weight excluding hydrogens is 392 g/mol. The van der Waals surface area contributed by atoms with Crippen molar-refractivity contribution < 1.29 is 9.53 Å². The molecule has 1 aromatic heterocycles. The van der Waals surface area contributed by atoms with Crippen molar-refractivity contribution in [1.29, 1.82) is 0 Å². The lowest BCUT2D eigenvalue weighted by Crippen LogP contribution is -2.39. The maximum atomic E-state index is 11.6. The fourth-order valence-electron chi connectivity index (χ4n) is 2.39. The van der Waals surface area contributed by atoms with Gasteiger partial charge in [-0.3, -0.25) is 4.99 Å². The zero-order chi connectivity index (χ0) is 21.3. The number of nitrogens with one attached hydrogen (secondary N) is 3. The molecule has 0 atom stereocenters. The Labute approximate surface area is 176 Å². The number of guanidine groups is 1. The first kappa shape index (κ1) is 22.5. The first-order valence-electron chi connectivity index (χ1n) is 9.48. The van der Waals surface area contributed by atoms with E-state index in [-0.39, 0.29) is 0 Å². The van der Waals surface area contributed by atoms with Crippen molar-refractivity contribution in [3.8, 4) is 5.69 Å². The lowest BCUT2D eigenvalue weighted by atomic mass is 10.2. The smallest absolute Gasteiger partial charge is 0.407 e. The average molecular weight is 421 g/mol. The van der Waals surface area contributed by atoms with Crippen molar-refractivity contribution in [1.82, 2.24) is 25.7 Å². The molecule has 158 valence electrons. The number of aliphatic imine (C=N–C) groups is 1. The van der Waals surface area contributed by atoms with Gasteiger partial charge in [-0.05, 0) is 51.5 Å². The number of nitrogens with zero attached hydrogens (tertiary/aromatic N) is 3. The highest BCUT2D eigenvalue weighted by atomic mass is 35.5. The SMILES string of the molecule is CN=C(NCCCNC(=O)OC(C)(C)C)NCc1cnn(-c2ccc(Cl)cc2)c1. The number of carbonyl (C=O) groups excluding carboxylic acids is 1. The highest BCUT2D eigenvalue weighted by Gasteiger charge is 2.15. The van der Waals surface area contributed by atoms with Gasteiger partial charge in [0.05, 0.1) is 11.9 Å². The molecule has 3 N–H and O–H groups in total. The summed E-state index contributed by atoms with van der Waals surface area (Å²) in [5, 5.41) is 14.2. The number of hydrogen-bond donors (Lipinski definition) is 3. The van der Waals surface area contributed by atoms with Crippen molar-refractivity contribution >= 4 is 23.7 Å². The van der Waals surface area contributed by atoms with Crippen LogP contribution in [0.4, 0.5) is 4.79 Å². The Kier molecular flexibility index (Phi) is 8.33. The minimum absolute atomic E-state index is 0.405. The van der Waals surface area contributed by atoms with Gasteiger partial charge in [0.25, 0.3) is 0 Å². The Morgan fingerprint density at radius 1 is 1.17 bits per heavy atom. The average Bonchev–Trinajstić information content (AvgIpc) is 3.12. The largest absolute Gasteiger partial charge is 0.444 e. The van der Waals surface area contributed by atoms with Crippen molar-refractivity contribution in [2.24, 2.45) is 4.99 Å². The highest BCUT2D eigenvalue weighted by Crippen LogP contribution is 2.13. The molecule has 2 rings (SSSR count). The number of halogens is 1. The Bertz CT molecular complexity index is 811. The van der Waals surface area contributed by atoms with Gasteiger partial charge in [-0.15, -0.1) is 0 Å². The second-order valence-electron chi connectivity index (χ2n) is 7.40.